The van der Waals surface area contributed by atoms with E-state index in [1.165, 1.54) is 0 Å². The molecule has 4 nitrogen and oxygen atoms in total. The maximum atomic E-state index is 12.9. The number of fused-ring (bicyclic) bond motifs is 2. The molecule has 202 valence electrons. The number of rotatable bonds is 4. The van der Waals surface area contributed by atoms with E-state index in [-0.39, 0.29) is 34.3 Å². The van der Waals surface area contributed by atoms with Crippen molar-refractivity contribution in [1.82, 2.24) is 0 Å². The minimum atomic E-state index is -0.231. The zero-order valence-electron chi connectivity index (χ0n) is 22.7. The summed E-state index contributed by atoms with van der Waals surface area (Å²) in [6.07, 6.45) is 3.39. The first-order chi connectivity index (χ1) is 20.3. The highest BCUT2D eigenvalue weighted by Gasteiger charge is 2.33. The second-order valence-electron chi connectivity index (χ2n) is 10.4. The van der Waals surface area contributed by atoms with Crippen molar-refractivity contribution < 1.29 is 19.2 Å². The van der Waals surface area contributed by atoms with Gasteiger partial charge in [0.2, 0.25) is 0 Å². The number of allylic oxidation sites excluding steroid dienone is 2. The van der Waals surface area contributed by atoms with Crippen molar-refractivity contribution in [3.8, 4) is 20.2 Å². The van der Waals surface area contributed by atoms with E-state index in [1.54, 1.807) is 83.4 Å². The third-order valence-electron chi connectivity index (χ3n) is 7.66. The third kappa shape index (κ3) is 4.19. The summed E-state index contributed by atoms with van der Waals surface area (Å²) in [7, 11) is 0. The molecule has 0 aliphatic heterocycles. The number of aryl methyl sites for hydroxylation is 2. The largest absolute Gasteiger partial charge is 0.288 e. The summed E-state index contributed by atoms with van der Waals surface area (Å²) in [4.78, 5) is 55.5. The first-order valence-electron chi connectivity index (χ1n) is 13.4. The Morgan fingerprint density at radius 3 is 1.50 bits per heavy atom. The zero-order chi connectivity index (χ0) is 29.1. The normalized spacial score (nSPS) is 14.0. The molecule has 0 bridgehead atoms. The number of hydrogen-bond donors (Lipinski definition) is 0. The molecule has 0 saturated heterocycles. The van der Waals surface area contributed by atoms with Crippen molar-refractivity contribution >= 4 is 58.0 Å². The average Bonchev–Trinajstić information content (AvgIpc) is 3.70. The Morgan fingerprint density at radius 1 is 0.524 bits per heavy atom. The summed E-state index contributed by atoms with van der Waals surface area (Å²) in [6, 6.07) is 25.9. The number of carbonyl (C=O) groups excluding carboxylic acids is 4. The third-order valence-corrected chi connectivity index (χ3v) is 10.3. The van der Waals surface area contributed by atoms with Gasteiger partial charge in [0.25, 0.3) is 0 Å². The van der Waals surface area contributed by atoms with E-state index < -0.39 is 0 Å². The van der Waals surface area contributed by atoms with Crippen molar-refractivity contribution in [2.24, 2.45) is 0 Å². The van der Waals surface area contributed by atoms with Gasteiger partial charge in [-0.15, -0.1) is 22.7 Å². The van der Waals surface area contributed by atoms with Gasteiger partial charge in [-0.1, -0.05) is 72.8 Å². The molecule has 42 heavy (non-hydrogen) atoms. The first-order valence-corrected chi connectivity index (χ1v) is 15.1. The average molecular weight is 583 g/mol. The van der Waals surface area contributed by atoms with Gasteiger partial charge in [0.15, 0.2) is 23.1 Å². The van der Waals surface area contributed by atoms with Crippen LogP contribution in [0.2, 0.25) is 0 Å². The highest BCUT2D eigenvalue weighted by Crippen LogP contribution is 2.43. The van der Waals surface area contributed by atoms with E-state index in [9.17, 15) is 19.2 Å². The van der Waals surface area contributed by atoms with Crippen LogP contribution >= 0.6 is 22.7 Å². The van der Waals surface area contributed by atoms with Gasteiger partial charge in [0.1, 0.15) is 0 Å². The maximum Gasteiger partial charge on any atom is 0.197 e. The van der Waals surface area contributed by atoms with E-state index >= 15 is 0 Å². The van der Waals surface area contributed by atoms with Gasteiger partial charge in [-0.05, 0) is 60.4 Å². The second kappa shape index (κ2) is 9.94. The number of hydrogen-bond acceptors (Lipinski definition) is 6. The summed E-state index contributed by atoms with van der Waals surface area (Å²) in [6.45, 7) is 4.13. The predicted molar refractivity (Wildman–Crippen MR) is 169 cm³/mol. The van der Waals surface area contributed by atoms with Gasteiger partial charge >= 0.3 is 0 Å². The van der Waals surface area contributed by atoms with Crippen molar-refractivity contribution in [1.29, 1.82) is 0 Å². The molecule has 0 N–H and O–H groups in total. The van der Waals surface area contributed by atoms with Crippen LogP contribution in [0.15, 0.2) is 96.1 Å². The molecule has 0 radical (unpaired) electrons. The lowest BCUT2D eigenvalue weighted by Crippen LogP contribution is -2.00. The van der Waals surface area contributed by atoms with Crippen LogP contribution < -0.4 is 0 Å². The molecule has 2 aliphatic rings. The molecule has 0 fully saturated rings. The van der Waals surface area contributed by atoms with E-state index in [0.717, 1.165) is 41.8 Å². The summed E-state index contributed by atoms with van der Waals surface area (Å²) in [5.74, 6) is -0.900. The molecule has 0 atom stereocenters. The Balaban J connectivity index is 1.15. The second-order valence-corrected chi connectivity index (χ2v) is 12.6. The summed E-state index contributed by atoms with van der Waals surface area (Å²) < 4.78 is 0. The molecule has 2 aliphatic carbocycles. The lowest BCUT2D eigenvalue weighted by Gasteiger charge is -2.00. The zero-order valence-corrected chi connectivity index (χ0v) is 24.3. The van der Waals surface area contributed by atoms with Gasteiger partial charge in [-0.3, -0.25) is 19.2 Å². The van der Waals surface area contributed by atoms with Crippen LogP contribution in [-0.4, -0.2) is 23.1 Å². The van der Waals surface area contributed by atoms with Crippen molar-refractivity contribution in [3.05, 3.63) is 140 Å². The van der Waals surface area contributed by atoms with Crippen LogP contribution in [-0.2, 0) is 0 Å². The maximum absolute atomic E-state index is 12.9. The number of Topliss-reactive ketones (excluding diaryl/α,β-unsaturated/α-hetero) is 4. The monoisotopic (exact) mass is 582 g/mol. The molecule has 5 aromatic rings. The minimum Gasteiger partial charge on any atom is -0.288 e. The van der Waals surface area contributed by atoms with Crippen molar-refractivity contribution in [3.63, 3.8) is 0 Å². The van der Waals surface area contributed by atoms with Crippen LogP contribution in [0, 0.1) is 13.8 Å². The molecule has 0 spiro atoms. The fraction of sp³-hybridized carbons (Fsp3) is 0.0556. The van der Waals surface area contributed by atoms with Gasteiger partial charge in [0.05, 0.1) is 11.1 Å². The lowest BCUT2D eigenvalue weighted by molar-refractivity contribution is 0.0975. The number of thiophene rings is 2. The van der Waals surface area contributed by atoms with Crippen LogP contribution in [0.25, 0.3) is 32.3 Å². The molecule has 0 saturated carbocycles. The fourth-order valence-corrected chi connectivity index (χ4v) is 8.07. The van der Waals surface area contributed by atoms with Gasteiger partial charge in [-0.2, -0.15) is 0 Å². The van der Waals surface area contributed by atoms with Crippen LogP contribution in [0.3, 0.4) is 0 Å². The Morgan fingerprint density at radius 2 is 0.976 bits per heavy atom. The Bertz CT molecular complexity index is 1990. The predicted octanol–water partition coefficient (Wildman–Crippen LogP) is 8.69. The van der Waals surface area contributed by atoms with E-state index in [2.05, 4.69) is 13.0 Å². The van der Waals surface area contributed by atoms with Crippen molar-refractivity contribution in [2.75, 3.05) is 0 Å². The molecule has 2 heterocycles. The van der Waals surface area contributed by atoms with Gasteiger partial charge < -0.3 is 0 Å². The Labute approximate surface area is 250 Å². The van der Waals surface area contributed by atoms with E-state index in [1.807, 2.05) is 37.3 Å². The standard InChI is InChI=1S/C36H22O4S2/c1-19-15-23(18-29-33(39)26-9-5-6-10-27(26)34(29)40)41-35(19)36-20(2)16-30(42-36)22-13-11-21(12-14-22)17-28-31(37)24-7-3-4-8-25(24)32(28)38/h3-18H,1-2H3. The summed E-state index contributed by atoms with van der Waals surface area (Å²) >= 11 is 3.27. The van der Waals surface area contributed by atoms with Gasteiger partial charge in [0, 0.05) is 41.8 Å². The minimum absolute atomic E-state index is 0.196. The Hall–Kier alpha value is -4.78. The molecule has 2 aromatic heterocycles. The molecular weight excluding hydrogens is 561 g/mol. The Kier molecular flexibility index (Phi) is 6.19. The smallest absolute Gasteiger partial charge is 0.197 e. The number of carbonyl (C=O) groups is 4. The molecule has 7 rings (SSSR count). The number of benzene rings is 3. The fourth-order valence-electron chi connectivity index (χ4n) is 5.51. The highest BCUT2D eigenvalue weighted by molar-refractivity contribution is 7.24. The van der Waals surface area contributed by atoms with Crippen LogP contribution in [0.5, 0.6) is 0 Å². The highest BCUT2D eigenvalue weighted by atomic mass is 32.1. The SMILES string of the molecule is Cc1cc(C=C2C(=O)c3ccccc3C2=O)sc1-c1sc(-c2ccc(C=C3C(=O)c4ccccc4C3=O)cc2)cc1C. The van der Waals surface area contributed by atoms with Crippen LogP contribution in [0.4, 0.5) is 0 Å². The number of ketones is 4. The van der Waals surface area contributed by atoms with Crippen molar-refractivity contribution in [2.45, 2.75) is 13.8 Å². The molecule has 0 amide bonds. The first kappa shape index (κ1) is 26.1. The topological polar surface area (TPSA) is 68.3 Å². The van der Waals surface area contributed by atoms with Crippen LogP contribution in [0.1, 0.15) is 63.0 Å². The van der Waals surface area contributed by atoms with Gasteiger partial charge in [-0.25, -0.2) is 0 Å². The summed E-state index contributed by atoms with van der Waals surface area (Å²) in [5.41, 5.74) is 6.34. The molecule has 0 unspecified atom stereocenters. The molecule has 6 heteroatoms. The molecular formula is C36H22O4S2. The molecule has 3 aromatic carbocycles. The lowest BCUT2D eigenvalue weighted by atomic mass is 10.0. The summed E-state index contributed by atoms with van der Waals surface area (Å²) in [5, 5.41) is 0. The van der Waals surface area contributed by atoms with E-state index in [4.69, 9.17) is 0 Å². The quantitative estimate of drug-likeness (QED) is 0.157. The van der Waals surface area contributed by atoms with E-state index in [0.29, 0.717) is 22.3 Å².